The Balaban J connectivity index is 2.55. The molecule has 0 heterocycles. The lowest BCUT2D eigenvalue weighted by atomic mass is 10.1. The van der Waals surface area contributed by atoms with Crippen molar-refractivity contribution in [3.63, 3.8) is 0 Å². The fraction of sp³-hybridized carbons (Fsp3) is 0.562. The summed E-state index contributed by atoms with van der Waals surface area (Å²) in [5, 5.41) is 6.29. The molecular formula is C16H26N2O2. The molecule has 0 bridgehead atoms. The van der Waals surface area contributed by atoms with Crippen molar-refractivity contribution in [1.29, 1.82) is 0 Å². The molecule has 20 heavy (non-hydrogen) atoms. The Kier molecular flexibility index (Phi) is 6.52. The molecule has 0 fully saturated rings. The summed E-state index contributed by atoms with van der Waals surface area (Å²) < 4.78 is 5.14. The van der Waals surface area contributed by atoms with E-state index in [-0.39, 0.29) is 24.0 Å². The van der Waals surface area contributed by atoms with Crippen LogP contribution in [0.5, 0.6) is 5.75 Å². The summed E-state index contributed by atoms with van der Waals surface area (Å²) in [5.41, 5.74) is 1.13. The van der Waals surface area contributed by atoms with E-state index in [1.54, 1.807) is 7.11 Å². The standard InChI is InChI=1S/C16H26N2O2/c1-6-11(2)17-16(19)13(4)18-12(3)14-7-9-15(20-5)10-8-14/h7-13,18H,6H2,1-5H3,(H,17,19)/t11?,12-,13?/m0/s1. The Hall–Kier alpha value is -1.55. The molecule has 2 N–H and O–H groups in total. The first kappa shape index (κ1) is 16.5. The van der Waals surface area contributed by atoms with Crippen LogP contribution < -0.4 is 15.4 Å². The normalized spacial score (nSPS) is 15.2. The van der Waals surface area contributed by atoms with Gasteiger partial charge in [0, 0.05) is 12.1 Å². The zero-order chi connectivity index (χ0) is 15.1. The van der Waals surface area contributed by atoms with Gasteiger partial charge in [-0.3, -0.25) is 10.1 Å². The Morgan fingerprint density at radius 2 is 1.80 bits per heavy atom. The summed E-state index contributed by atoms with van der Waals surface area (Å²) in [7, 11) is 1.65. The van der Waals surface area contributed by atoms with E-state index >= 15 is 0 Å². The van der Waals surface area contributed by atoms with E-state index in [9.17, 15) is 4.79 Å². The van der Waals surface area contributed by atoms with Gasteiger partial charge in [-0.05, 0) is 44.9 Å². The topological polar surface area (TPSA) is 50.4 Å². The zero-order valence-electron chi connectivity index (χ0n) is 13.1. The molecule has 4 nitrogen and oxygen atoms in total. The minimum absolute atomic E-state index is 0.0414. The van der Waals surface area contributed by atoms with Crippen LogP contribution in [0.15, 0.2) is 24.3 Å². The van der Waals surface area contributed by atoms with Crippen LogP contribution in [0.25, 0.3) is 0 Å². The Labute approximate surface area is 121 Å². The molecular weight excluding hydrogens is 252 g/mol. The van der Waals surface area contributed by atoms with E-state index < -0.39 is 0 Å². The van der Waals surface area contributed by atoms with Crippen molar-refractivity contribution in [2.75, 3.05) is 7.11 Å². The maximum absolute atomic E-state index is 12.0. The predicted molar refractivity (Wildman–Crippen MR) is 81.9 cm³/mol. The van der Waals surface area contributed by atoms with Crippen LogP contribution in [0.4, 0.5) is 0 Å². The molecule has 0 saturated carbocycles. The number of nitrogens with one attached hydrogen (secondary N) is 2. The minimum atomic E-state index is -0.221. The lowest BCUT2D eigenvalue weighted by Crippen LogP contribution is -2.45. The summed E-state index contributed by atoms with van der Waals surface area (Å²) in [5.74, 6) is 0.878. The fourth-order valence-electron chi connectivity index (χ4n) is 1.91. The van der Waals surface area contributed by atoms with E-state index in [1.165, 1.54) is 0 Å². The number of benzene rings is 1. The Bertz CT molecular complexity index is 417. The van der Waals surface area contributed by atoms with E-state index in [0.717, 1.165) is 17.7 Å². The lowest BCUT2D eigenvalue weighted by molar-refractivity contribution is -0.123. The van der Waals surface area contributed by atoms with Gasteiger partial charge in [0.2, 0.25) is 5.91 Å². The molecule has 112 valence electrons. The van der Waals surface area contributed by atoms with Crippen LogP contribution in [-0.4, -0.2) is 25.1 Å². The first-order valence-electron chi connectivity index (χ1n) is 7.18. The summed E-state index contributed by atoms with van der Waals surface area (Å²) in [6.45, 7) is 8.01. The molecule has 1 aromatic rings. The van der Waals surface area contributed by atoms with Crippen molar-refractivity contribution in [3.05, 3.63) is 29.8 Å². The van der Waals surface area contributed by atoms with Gasteiger partial charge in [-0.1, -0.05) is 19.1 Å². The van der Waals surface area contributed by atoms with Crippen molar-refractivity contribution in [1.82, 2.24) is 10.6 Å². The number of ether oxygens (including phenoxy) is 1. The molecule has 4 heteroatoms. The van der Waals surface area contributed by atoms with Gasteiger partial charge in [-0.15, -0.1) is 0 Å². The number of amides is 1. The SMILES string of the molecule is CCC(C)NC(=O)C(C)N[C@@H](C)c1ccc(OC)cc1. The number of methoxy groups -OCH3 is 1. The summed E-state index contributed by atoms with van der Waals surface area (Å²) in [6, 6.07) is 7.98. The molecule has 0 aliphatic rings. The second-order valence-electron chi connectivity index (χ2n) is 5.20. The highest BCUT2D eigenvalue weighted by atomic mass is 16.5. The molecule has 0 aliphatic heterocycles. The van der Waals surface area contributed by atoms with Crippen LogP contribution in [-0.2, 0) is 4.79 Å². The van der Waals surface area contributed by atoms with Crippen molar-refractivity contribution >= 4 is 5.91 Å². The molecule has 1 rings (SSSR count). The van der Waals surface area contributed by atoms with Crippen molar-refractivity contribution < 1.29 is 9.53 Å². The zero-order valence-corrected chi connectivity index (χ0v) is 13.1. The molecule has 1 aromatic carbocycles. The number of hydrogen-bond donors (Lipinski definition) is 2. The van der Waals surface area contributed by atoms with Crippen molar-refractivity contribution in [3.8, 4) is 5.75 Å². The van der Waals surface area contributed by atoms with Crippen LogP contribution in [0.1, 0.15) is 45.7 Å². The third kappa shape index (κ3) is 4.85. The average molecular weight is 278 g/mol. The third-order valence-corrected chi connectivity index (χ3v) is 3.51. The van der Waals surface area contributed by atoms with Gasteiger partial charge in [0.1, 0.15) is 5.75 Å². The molecule has 2 unspecified atom stereocenters. The summed E-state index contributed by atoms with van der Waals surface area (Å²) in [4.78, 5) is 12.0. The van der Waals surface area contributed by atoms with Gasteiger partial charge in [0.25, 0.3) is 0 Å². The molecule has 1 amide bonds. The monoisotopic (exact) mass is 278 g/mol. The van der Waals surface area contributed by atoms with Gasteiger partial charge >= 0.3 is 0 Å². The summed E-state index contributed by atoms with van der Waals surface area (Å²) >= 11 is 0. The summed E-state index contributed by atoms with van der Waals surface area (Å²) in [6.07, 6.45) is 0.937. The first-order chi connectivity index (χ1) is 9.47. The Morgan fingerprint density at radius 1 is 1.20 bits per heavy atom. The average Bonchev–Trinajstić information content (AvgIpc) is 2.46. The molecule has 0 spiro atoms. The van der Waals surface area contributed by atoms with Gasteiger partial charge in [0.05, 0.1) is 13.2 Å². The van der Waals surface area contributed by atoms with Crippen molar-refractivity contribution in [2.45, 2.75) is 52.2 Å². The van der Waals surface area contributed by atoms with Gasteiger partial charge in [-0.25, -0.2) is 0 Å². The molecule has 3 atom stereocenters. The van der Waals surface area contributed by atoms with Crippen LogP contribution in [0.3, 0.4) is 0 Å². The largest absolute Gasteiger partial charge is 0.497 e. The fourth-order valence-corrected chi connectivity index (χ4v) is 1.91. The van der Waals surface area contributed by atoms with Crippen LogP contribution in [0.2, 0.25) is 0 Å². The molecule has 0 aliphatic carbocycles. The van der Waals surface area contributed by atoms with E-state index in [2.05, 4.69) is 24.5 Å². The second-order valence-corrected chi connectivity index (χ2v) is 5.20. The highest BCUT2D eigenvalue weighted by molar-refractivity contribution is 5.81. The molecule has 0 aromatic heterocycles. The van der Waals surface area contributed by atoms with Crippen molar-refractivity contribution in [2.24, 2.45) is 0 Å². The van der Waals surface area contributed by atoms with Crippen LogP contribution >= 0.6 is 0 Å². The lowest BCUT2D eigenvalue weighted by Gasteiger charge is -2.22. The molecule has 0 saturated heterocycles. The number of hydrogen-bond acceptors (Lipinski definition) is 3. The maximum Gasteiger partial charge on any atom is 0.237 e. The van der Waals surface area contributed by atoms with Crippen LogP contribution in [0, 0.1) is 0 Å². The van der Waals surface area contributed by atoms with E-state index in [1.807, 2.05) is 38.1 Å². The number of carbonyl (C=O) groups excluding carboxylic acids is 1. The molecule has 0 radical (unpaired) electrons. The minimum Gasteiger partial charge on any atom is -0.497 e. The number of carbonyl (C=O) groups is 1. The highest BCUT2D eigenvalue weighted by Crippen LogP contribution is 2.17. The quantitative estimate of drug-likeness (QED) is 0.806. The number of rotatable bonds is 7. The predicted octanol–water partition coefficient (Wildman–Crippen LogP) is 2.65. The van der Waals surface area contributed by atoms with E-state index in [0.29, 0.717) is 0 Å². The first-order valence-corrected chi connectivity index (χ1v) is 7.18. The second kappa shape index (κ2) is 7.90. The van der Waals surface area contributed by atoms with E-state index in [4.69, 9.17) is 4.74 Å². The third-order valence-electron chi connectivity index (χ3n) is 3.51. The van der Waals surface area contributed by atoms with Gasteiger partial charge in [-0.2, -0.15) is 0 Å². The van der Waals surface area contributed by atoms with Gasteiger partial charge in [0.15, 0.2) is 0 Å². The maximum atomic E-state index is 12.0. The smallest absolute Gasteiger partial charge is 0.237 e. The Morgan fingerprint density at radius 3 is 2.30 bits per heavy atom. The highest BCUT2D eigenvalue weighted by Gasteiger charge is 2.17. The van der Waals surface area contributed by atoms with Gasteiger partial charge < -0.3 is 10.1 Å².